The average Bonchev–Trinajstić information content (AvgIpc) is 2.98. The molecule has 0 radical (unpaired) electrons. The lowest BCUT2D eigenvalue weighted by Crippen LogP contribution is -2.58. The van der Waals surface area contributed by atoms with Crippen LogP contribution in [0.4, 0.5) is 0 Å². The van der Waals surface area contributed by atoms with Crippen LogP contribution in [0.2, 0.25) is 0 Å². The lowest BCUT2D eigenvalue weighted by atomic mass is 9.69. The number of unbranched alkanes of at least 4 members (excludes halogenated alkanes) is 7. The highest BCUT2D eigenvalue weighted by molar-refractivity contribution is 6.03. The molecule has 2 aliphatic heterocycles. The second kappa shape index (κ2) is 11.1. The van der Waals surface area contributed by atoms with Crippen LogP contribution >= 0.6 is 0 Å². The van der Waals surface area contributed by atoms with Crippen molar-refractivity contribution >= 4 is 11.8 Å². The zero-order valence-electron chi connectivity index (χ0n) is 20.7. The normalized spacial score (nSPS) is 25.5. The largest absolute Gasteiger partial charge is 0.296 e. The van der Waals surface area contributed by atoms with E-state index < -0.39 is 0 Å². The van der Waals surface area contributed by atoms with Crippen molar-refractivity contribution in [2.45, 2.75) is 129 Å². The van der Waals surface area contributed by atoms with Gasteiger partial charge in [-0.05, 0) is 72.3 Å². The maximum absolute atomic E-state index is 12.5. The minimum absolute atomic E-state index is 0.0176. The van der Waals surface area contributed by atoms with Crippen molar-refractivity contribution in [3.05, 3.63) is 0 Å². The first-order valence-electron chi connectivity index (χ1n) is 12.6. The molecule has 2 amide bonds. The molecule has 2 atom stereocenters. The standard InChI is InChI=1S/C26H48N2O2/c1-7-8-9-10-11-12-13-14-15-21(22-17-23(29)27-24(22)30)16-20-18-25(2,3)28(6)26(4,5)19-20/h20-22H,7-19H2,1-6H3,(H,27,29,30). The third-order valence-corrected chi connectivity index (χ3v) is 8.03. The van der Waals surface area contributed by atoms with E-state index in [4.69, 9.17) is 0 Å². The van der Waals surface area contributed by atoms with Crippen LogP contribution in [0.1, 0.15) is 118 Å². The van der Waals surface area contributed by atoms with Crippen molar-refractivity contribution in [1.82, 2.24) is 10.2 Å². The van der Waals surface area contributed by atoms with Crippen LogP contribution in [-0.2, 0) is 9.59 Å². The fourth-order valence-corrected chi connectivity index (χ4v) is 6.15. The van der Waals surface area contributed by atoms with Gasteiger partial charge in [-0.3, -0.25) is 19.8 Å². The number of piperidine rings is 1. The zero-order valence-corrected chi connectivity index (χ0v) is 20.7. The number of amides is 2. The first kappa shape index (κ1) is 25.4. The number of carbonyl (C=O) groups excluding carboxylic acids is 2. The average molecular weight is 421 g/mol. The van der Waals surface area contributed by atoms with Gasteiger partial charge in [0.15, 0.2) is 0 Å². The Morgan fingerprint density at radius 2 is 1.47 bits per heavy atom. The molecule has 0 aromatic carbocycles. The Bertz CT molecular complexity index is 551. The quantitative estimate of drug-likeness (QED) is 0.307. The molecule has 0 saturated carbocycles. The molecule has 174 valence electrons. The molecule has 4 nitrogen and oxygen atoms in total. The van der Waals surface area contributed by atoms with E-state index in [0.29, 0.717) is 18.3 Å². The van der Waals surface area contributed by atoms with Crippen molar-refractivity contribution in [1.29, 1.82) is 0 Å². The molecule has 4 heteroatoms. The van der Waals surface area contributed by atoms with Crippen LogP contribution in [0.3, 0.4) is 0 Å². The predicted molar refractivity (Wildman–Crippen MR) is 125 cm³/mol. The summed E-state index contributed by atoms with van der Waals surface area (Å²) in [6.45, 7) is 11.7. The van der Waals surface area contributed by atoms with E-state index in [0.717, 1.165) is 12.8 Å². The highest BCUT2D eigenvalue weighted by Crippen LogP contribution is 2.44. The minimum atomic E-state index is -0.104. The molecular weight excluding hydrogens is 372 g/mol. The molecule has 2 rings (SSSR count). The van der Waals surface area contributed by atoms with E-state index in [9.17, 15) is 9.59 Å². The maximum atomic E-state index is 12.5. The van der Waals surface area contributed by atoms with Gasteiger partial charge in [0.05, 0.1) is 0 Å². The molecule has 0 aromatic rings. The Morgan fingerprint density at radius 1 is 0.933 bits per heavy atom. The Morgan fingerprint density at radius 3 is 1.97 bits per heavy atom. The number of nitrogens with zero attached hydrogens (tertiary/aromatic N) is 1. The summed E-state index contributed by atoms with van der Waals surface area (Å²) < 4.78 is 0. The highest BCUT2D eigenvalue weighted by Gasteiger charge is 2.45. The van der Waals surface area contributed by atoms with Gasteiger partial charge in [-0.25, -0.2) is 0 Å². The van der Waals surface area contributed by atoms with Crippen molar-refractivity contribution in [3.8, 4) is 0 Å². The van der Waals surface area contributed by atoms with Gasteiger partial charge < -0.3 is 0 Å². The lowest BCUT2D eigenvalue weighted by Gasteiger charge is -2.54. The minimum Gasteiger partial charge on any atom is -0.296 e. The number of likely N-dealkylation sites (tertiary alicyclic amines) is 1. The van der Waals surface area contributed by atoms with Gasteiger partial charge in [-0.2, -0.15) is 0 Å². The van der Waals surface area contributed by atoms with Crippen LogP contribution in [0.5, 0.6) is 0 Å². The molecule has 0 aromatic heterocycles. The molecule has 30 heavy (non-hydrogen) atoms. The second-order valence-electron chi connectivity index (χ2n) is 11.4. The van der Waals surface area contributed by atoms with Gasteiger partial charge in [0.2, 0.25) is 11.8 Å². The van der Waals surface area contributed by atoms with Gasteiger partial charge in [0, 0.05) is 23.4 Å². The van der Waals surface area contributed by atoms with E-state index in [1.165, 1.54) is 64.2 Å². The van der Waals surface area contributed by atoms with Gasteiger partial charge in [-0.1, -0.05) is 58.3 Å². The summed E-state index contributed by atoms with van der Waals surface area (Å²) in [5.41, 5.74) is 0.340. The molecule has 0 bridgehead atoms. The summed E-state index contributed by atoms with van der Waals surface area (Å²) in [6, 6.07) is 0. The van der Waals surface area contributed by atoms with Crippen LogP contribution in [0.15, 0.2) is 0 Å². The van der Waals surface area contributed by atoms with Crippen LogP contribution in [-0.4, -0.2) is 34.8 Å². The van der Waals surface area contributed by atoms with Crippen molar-refractivity contribution in [2.75, 3.05) is 7.05 Å². The van der Waals surface area contributed by atoms with E-state index in [1.54, 1.807) is 0 Å². The monoisotopic (exact) mass is 420 g/mol. The summed E-state index contributed by atoms with van der Waals surface area (Å²) in [5, 5.41) is 2.57. The molecule has 0 spiro atoms. The third-order valence-electron chi connectivity index (χ3n) is 8.03. The molecule has 1 N–H and O–H groups in total. The Labute approximate surface area is 185 Å². The highest BCUT2D eigenvalue weighted by atomic mass is 16.2. The summed E-state index contributed by atoms with van der Waals surface area (Å²) >= 11 is 0. The molecule has 0 aliphatic carbocycles. The summed E-state index contributed by atoms with van der Waals surface area (Å²) in [6.07, 6.45) is 15.4. The van der Waals surface area contributed by atoms with Gasteiger partial charge >= 0.3 is 0 Å². The fraction of sp³-hybridized carbons (Fsp3) is 0.923. The predicted octanol–water partition coefficient (Wildman–Crippen LogP) is 6.09. The Hall–Kier alpha value is -0.900. The van der Waals surface area contributed by atoms with Crippen LogP contribution < -0.4 is 5.32 Å². The molecule has 2 unspecified atom stereocenters. The fourth-order valence-electron chi connectivity index (χ4n) is 6.15. The molecule has 2 heterocycles. The number of nitrogens with one attached hydrogen (secondary N) is 1. The van der Waals surface area contributed by atoms with Crippen molar-refractivity contribution in [3.63, 3.8) is 0 Å². The summed E-state index contributed by atoms with van der Waals surface area (Å²) in [7, 11) is 2.25. The van der Waals surface area contributed by atoms with Crippen LogP contribution in [0.25, 0.3) is 0 Å². The zero-order chi connectivity index (χ0) is 22.4. The lowest BCUT2D eigenvalue weighted by molar-refractivity contribution is -0.126. The van der Waals surface area contributed by atoms with E-state index in [-0.39, 0.29) is 28.8 Å². The SMILES string of the molecule is CCCCCCCCCCC(CC1CC(C)(C)N(C)C(C)(C)C1)C1CC(=O)NC1=O. The number of rotatable bonds is 12. The van der Waals surface area contributed by atoms with E-state index in [1.807, 2.05) is 0 Å². The van der Waals surface area contributed by atoms with Crippen molar-refractivity contribution in [2.24, 2.45) is 17.8 Å². The number of hydrogen-bond donors (Lipinski definition) is 1. The molecule has 2 aliphatic rings. The van der Waals surface area contributed by atoms with E-state index >= 15 is 0 Å². The second-order valence-corrected chi connectivity index (χ2v) is 11.4. The van der Waals surface area contributed by atoms with Crippen molar-refractivity contribution < 1.29 is 9.59 Å². The van der Waals surface area contributed by atoms with Gasteiger partial charge in [-0.15, -0.1) is 0 Å². The van der Waals surface area contributed by atoms with E-state index in [2.05, 4.69) is 51.9 Å². The summed E-state index contributed by atoms with van der Waals surface area (Å²) in [4.78, 5) is 26.9. The van der Waals surface area contributed by atoms with Gasteiger partial charge in [0.1, 0.15) is 0 Å². The van der Waals surface area contributed by atoms with Gasteiger partial charge in [0.25, 0.3) is 0 Å². The smallest absolute Gasteiger partial charge is 0.230 e. The summed E-state index contributed by atoms with van der Waals surface area (Å²) in [5.74, 6) is 0.768. The molecule has 2 fully saturated rings. The van der Waals surface area contributed by atoms with Crippen LogP contribution in [0, 0.1) is 17.8 Å². The number of imide groups is 1. The number of hydrogen-bond acceptors (Lipinski definition) is 3. The number of carbonyl (C=O) groups is 2. The molecule has 2 saturated heterocycles. The third kappa shape index (κ3) is 7.07. The Balaban J connectivity index is 1.92. The Kier molecular flexibility index (Phi) is 9.39. The maximum Gasteiger partial charge on any atom is 0.230 e. The first-order valence-corrected chi connectivity index (χ1v) is 12.6. The first-order chi connectivity index (χ1) is 14.1. The topological polar surface area (TPSA) is 49.4 Å². The molecular formula is C26H48N2O2.